The van der Waals surface area contributed by atoms with Gasteiger partial charge in [-0.05, 0) is 65.7 Å². The van der Waals surface area contributed by atoms with Gasteiger partial charge in [0.15, 0.2) is 0 Å². The van der Waals surface area contributed by atoms with E-state index in [4.69, 9.17) is 9.47 Å². The molecule has 0 bridgehead atoms. The highest BCUT2D eigenvalue weighted by Crippen LogP contribution is 2.41. The van der Waals surface area contributed by atoms with Crippen LogP contribution in [0.1, 0.15) is 36.8 Å². The van der Waals surface area contributed by atoms with Gasteiger partial charge in [0, 0.05) is 5.56 Å². The average molecular weight is 383 g/mol. The summed E-state index contributed by atoms with van der Waals surface area (Å²) in [6, 6.07) is 28.1. The number of rotatable bonds is 6. The number of allylic oxidation sites excluding steroid dienone is 2. The van der Waals surface area contributed by atoms with Crippen molar-refractivity contribution in [2.24, 2.45) is 0 Å². The van der Waals surface area contributed by atoms with E-state index < -0.39 is 0 Å². The molecule has 0 radical (unpaired) electrons. The first kappa shape index (κ1) is 18.2. The first-order valence-corrected chi connectivity index (χ1v) is 10.6. The standard InChI is InChI=1S/C27H26O2/c1-3-9-20(10-4-1)24-13-7-8-14-25(24)22-15-16-27(29-19-23-18-28-23)26(17-22)21-11-5-2-6-12-21/h1-6,9-12,15-17,23H,7-8,13-14,18-19H2. The Bertz CT molecular complexity index is 1000. The van der Waals surface area contributed by atoms with Crippen LogP contribution >= 0.6 is 0 Å². The lowest BCUT2D eigenvalue weighted by atomic mass is 9.83. The van der Waals surface area contributed by atoms with Crippen molar-refractivity contribution in [1.29, 1.82) is 0 Å². The molecule has 0 spiro atoms. The largest absolute Gasteiger partial charge is 0.490 e. The molecule has 0 amide bonds. The molecule has 5 rings (SSSR count). The molecule has 1 aliphatic heterocycles. The highest BCUT2D eigenvalue weighted by Gasteiger charge is 2.24. The van der Waals surface area contributed by atoms with Crippen LogP contribution in [0, 0.1) is 0 Å². The van der Waals surface area contributed by atoms with Crippen molar-refractivity contribution in [3.63, 3.8) is 0 Å². The molecule has 3 aromatic carbocycles. The number of epoxide rings is 1. The second kappa shape index (κ2) is 8.26. The Hall–Kier alpha value is -2.84. The van der Waals surface area contributed by atoms with Gasteiger partial charge in [-0.2, -0.15) is 0 Å². The van der Waals surface area contributed by atoms with Gasteiger partial charge in [-0.1, -0.05) is 66.7 Å². The summed E-state index contributed by atoms with van der Waals surface area (Å²) in [7, 11) is 0. The van der Waals surface area contributed by atoms with Gasteiger partial charge in [0.1, 0.15) is 18.5 Å². The highest BCUT2D eigenvalue weighted by atomic mass is 16.6. The van der Waals surface area contributed by atoms with E-state index in [1.54, 1.807) is 0 Å². The van der Waals surface area contributed by atoms with Crippen molar-refractivity contribution in [1.82, 2.24) is 0 Å². The van der Waals surface area contributed by atoms with Gasteiger partial charge < -0.3 is 9.47 Å². The topological polar surface area (TPSA) is 21.8 Å². The van der Waals surface area contributed by atoms with Gasteiger partial charge in [0.05, 0.1) is 6.61 Å². The van der Waals surface area contributed by atoms with Crippen molar-refractivity contribution in [2.75, 3.05) is 13.2 Å². The molecule has 2 heteroatoms. The Morgan fingerprint density at radius 3 is 2.00 bits per heavy atom. The summed E-state index contributed by atoms with van der Waals surface area (Å²) in [5, 5.41) is 0. The van der Waals surface area contributed by atoms with Gasteiger partial charge in [0.2, 0.25) is 0 Å². The summed E-state index contributed by atoms with van der Waals surface area (Å²) >= 11 is 0. The van der Waals surface area contributed by atoms with E-state index in [1.807, 2.05) is 0 Å². The molecule has 3 aromatic rings. The predicted molar refractivity (Wildman–Crippen MR) is 119 cm³/mol. The Balaban J connectivity index is 1.58. The van der Waals surface area contributed by atoms with Gasteiger partial charge in [0.25, 0.3) is 0 Å². The molecule has 1 saturated heterocycles. The van der Waals surface area contributed by atoms with E-state index in [2.05, 4.69) is 78.9 Å². The van der Waals surface area contributed by atoms with Crippen molar-refractivity contribution in [3.8, 4) is 16.9 Å². The first-order valence-electron chi connectivity index (χ1n) is 10.6. The fourth-order valence-corrected chi connectivity index (χ4v) is 4.22. The molecule has 0 N–H and O–H groups in total. The molecule has 0 aromatic heterocycles. The van der Waals surface area contributed by atoms with Crippen LogP contribution in [0.4, 0.5) is 0 Å². The van der Waals surface area contributed by atoms with E-state index in [1.165, 1.54) is 40.7 Å². The molecule has 146 valence electrons. The summed E-state index contributed by atoms with van der Waals surface area (Å²) < 4.78 is 11.5. The SMILES string of the molecule is c1ccc(C2=C(c3ccc(OCC4CO4)c(-c4ccccc4)c3)CCCC2)cc1. The van der Waals surface area contributed by atoms with E-state index in [-0.39, 0.29) is 6.10 Å². The number of benzene rings is 3. The number of hydrogen-bond donors (Lipinski definition) is 0. The smallest absolute Gasteiger partial charge is 0.127 e. The summed E-state index contributed by atoms with van der Waals surface area (Å²) in [4.78, 5) is 0. The Morgan fingerprint density at radius 1 is 0.724 bits per heavy atom. The number of hydrogen-bond acceptors (Lipinski definition) is 2. The van der Waals surface area contributed by atoms with E-state index in [0.29, 0.717) is 6.61 Å². The number of ether oxygens (including phenoxy) is 2. The van der Waals surface area contributed by atoms with Crippen LogP contribution in [-0.2, 0) is 4.74 Å². The minimum atomic E-state index is 0.254. The monoisotopic (exact) mass is 382 g/mol. The van der Waals surface area contributed by atoms with Crippen LogP contribution < -0.4 is 4.74 Å². The van der Waals surface area contributed by atoms with E-state index >= 15 is 0 Å². The maximum Gasteiger partial charge on any atom is 0.127 e. The lowest BCUT2D eigenvalue weighted by molar-refractivity contribution is 0.264. The molecule has 1 heterocycles. The zero-order chi connectivity index (χ0) is 19.5. The molecule has 29 heavy (non-hydrogen) atoms. The second-order valence-corrected chi connectivity index (χ2v) is 7.87. The second-order valence-electron chi connectivity index (χ2n) is 7.87. The Kier molecular flexibility index (Phi) is 5.19. The fourth-order valence-electron chi connectivity index (χ4n) is 4.22. The van der Waals surface area contributed by atoms with E-state index in [9.17, 15) is 0 Å². The van der Waals surface area contributed by atoms with Crippen LogP contribution in [-0.4, -0.2) is 19.3 Å². The van der Waals surface area contributed by atoms with Gasteiger partial charge >= 0.3 is 0 Å². The van der Waals surface area contributed by atoms with E-state index in [0.717, 1.165) is 30.8 Å². The van der Waals surface area contributed by atoms with Crippen molar-refractivity contribution in [2.45, 2.75) is 31.8 Å². The quantitative estimate of drug-likeness (QED) is 0.447. The summed E-state index contributed by atoms with van der Waals surface area (Å²) in [5.41, 5.74) is 8.01. The predicted octanol–water partition coefficient (Wildman–Crippen LogP) is 6.62. The normalized spacial score (nSPS) is 18.6. The molecule has 2 nitrogen and oxygen atoms in total. The molecule has 1 aliphatic carbocycles. The molecule has 0 saturated carbocycles. The maximum absolute atomic E-state index is 6.13. The lowest BCUT2D eigenvalue weighted by Crippen LogP contribution is -2.05. The van der Waals surface area contributed by atoms with Gasteiger partial charge in [-0.3, -0.25) is 0 Å². The highest BCUT2D eigenvalue weighted by molar-refractivity contribution is 5.93. The van der Waals surface area contributed by atoms with Crippen LogP contribution in [0.2, 0.25) is 0 Å². The third-order valence-corrected chi connectivity index (χ3v) is 5.83. The van der Waals surface area contributed by atoms with Crippen LogP contribution in [0.5, 0.6) is 5.75 Å². The molecular formula is C27H26O2. The van der Waals surface area contributed by atoms with Crippen molar-refractivity contribution in [3.05, 3.63) is 90.0 Å². The van der Waals surface area contributed by atoms with Crippen LogP contribution in [0.15, 0.2) is 78.9 Å². The Labute approximate surface area is 172 Å². The molecular weight excluding hydrogens is 356 g/mol. The summed E-state index contributed by atoms with van der Waals surface area (Å²) in [6.45, 7) is 1.43. The summed E-state index contributed by atoms with van der Waals surface area (Å²) in [6.07, 6.45) is 5.06. The minimum absolute atomic E-state index is 0.254. The van der Waals surface area contributed by atoms with Crippen molar-refractivity contribution >= 4 is 11.1 Å². The van der Waals surface area contributed by atoms with Crippen LogP contribution in [0.25, 0.3) is 22.3 Å². The fraction of sp³-hybridized carbons (Fsp3) is 0.259. The average Bonchev–Trinajstić information content (AvgIpc) is 3.63. The van der Waals surface area contributed by atoms with Gasteiger partial charge in [-0.25, -0.2) is 0 Å². The lowest BCUT2D eigenvalue weighted by Gasteiger charge is -2.22. The molecule has 1 atom stereocenters. The molecule has 1 unspecified atom stereocenters. The zero-order valence-corrected chi connectivity index (χ0v) is 16.6. The van der Waals surface area contributed by atoms with Gasteiger partial charge in [-0.15, -0.1) is 0 Å². The van der Waals surface area contributed by atoms with Crippen molar-refractivity contribution < 1.29 is 9.47 Å². The third kappa shape index (κ3) is 4.13. The maximum atomic E-state index is 6.13. The molecule has 1 fully saturated rings. The third-order valence-electron chi connectivity index (χ3n) is 5.83. The molecule has 2 aliphatic rings. The zero-order valence-electron chi connectivity index (χ0n) is 16.6. The summed E-state index contributed by atoms with van der Waals surface area (Å²) in [5.74, 6) is 0.938. The van der Waals surface area contributed by atoms with Crippen LogP contribution in [0.3, 0.4) is 0 Å². The first-order chi connectivity index (χ1) is 14.4. The minimum Gasteiger partial charge on any atom is -0.490 e. The Morgan fingerprint density at radius 2 is 1.34 bits per heavy atom.